The molecule has 9 nitrogen and oxygen atoms in total. The van der Waals surface area contributed by atoms with Gasteiger partial charge >= 0.3 is 6.09 Å². The summed E-state index contributed by atoms with van der Waals surface area (Å²) < 4.78 is 5.68. The molecule has 0 bridgehead atoms. The van der Waals surface area contributed by atoms with Crippen LogP contribution in [0.4, 0.5) is 10.6 Å². The maximum Gasteiger partial charge on any atom is 0.411 e. The molecule has 35 heavy (non-hydrogen) atoms. The van der Waals surface area contributed by atoms with Gasteiger partial charge in [-0.1, -0.05) is 25.3 Å². The number of carbonyl (C=O) groups is 3. The van der Waals surface area contributed by atoms with Crippen LogP contribution in [0.1, 0.15) is 83.9 Å². The van der Waals surface area contributed by atoms with Crippen molar-refractivity contribution in [2.45, 2.75) is 103 Å². The van der Waals surface area contributed by atoms with Gasteiger partial charge in [0.15, 0.2) is 0 Å². The first-order chi connectivity index (χ1) is 16.5. The number of carbonyl (C=O) groups excluding carboxylic acids is 3. The highest BCUT2D eigenvalue weighted by Crippen LogP contribution is 2.28. The van der Waals surface area contributed by atoms with Crippen molar-refractivity contribution in [3.8, 4) is 6.07 Å². The normalized spacial score (nSPS) is 19.5. The Bertz CT molecular complexity index is 990. The molecule has 1 aliphatic carbocycles. The molecule has 1 saturated heterocycles. The van der Waals surface area contributed by atoms with E-state index in [0.717, 1.165) is 37.7 Å². The Morgan fingerprint density at radius 1 is 1.17 bits per heavy atom. The molecular formula is C26H37N5O4. The van der Waals surface area contributed by atoms with E-state index in [0.29, 0.717) is 25.2 Å². The summed E-state index contributed by atoms with van der Waals surface area (Å²) >= 11 is 0. The van der Waals surface area contributed by atoms with E-state index in [-0.39, 0.29) is 23.6 Å². The van der Waals surface area contributed by atoms with E-state index in [9.17, 15) is 14.4 Å². The number of nitriles is 1. The molecule has 3 rings (SSSR count). The van der Waals surface area contributed by atoms with Crippen molar-refractivity contribution in [1.82, 2.24) is 14.8 Å². The molecule has 1 aliphatic heterocycles. The monoisotopic (exact) mass is 483 g/mol. The Balaban J connectivity index is 1.78. The van der Waals surface area contributed by atoms with E-state index in [4.69, 9.17) is 10.00 Å². The van der Waals surface area contributed by atoms with Gasteiger partial charge < -0.3 is 15.0 Å². The second kappa shape index (κ2) is 11.1. The van der Waals surface area contributed by atoms with Crippen LogP contribution in [-0.4, -0.2) is 63.0 Å². The van der Waals surface area contributed by atoms with E-state index in [2.05, 4.69) is 10.3 Å². The van der Waals surface area contributed by atoms with E-state index < -0.39 is 23.8 Å². The number of aromatic nitrogens is 1. The van der Waals surface area contributed by atoms with Crippen molar-refractivity contribution in [2.24, 2.45) is 0 Å². The fraction of sp³-hybridized carbons (Fsp3) is 0.654. The molecule has 190 valence electrons. The Morgan fingerprint density at radius 3 is 2.49 bits per heavy atom. The van der Waals surface area contributed by atoms with Crippen LogP contribution in [0.3, 0.4) is 0 Å². The molecule has 0 spiro atoms. The van der Waals surface area contributed by atoms with Crippen LogP contribution in [0.15, 0.2) is 12.1 Å². The zero-order valence-corrected chi connectivity index (χ0v) is 21.5. The van der Waals surface area contributed by atoms with Crippen molar-refractivity contribution < 1.29 is 19.1 Å². The molecule has 3 amide bonds. The van der Waals surface area contributed by atoms with E-state index >= 15 is 0 Å². The Kier molecular flexibility index (Phi) is 8.36. The van der Waals surface area contributed by atoms with Crippen molar-refractivity contribution in [1.29, 1.82) is 5.26 Å². The van der Waals surface area contributed by atoms with Gasteiger partial charge in [-0.3, -0.25) is 14.5 Å². The maximum absolute atomic E-state index is 13.7. The van der Waals surface area contributed by atoms with Crippen LogP contribution in [0.25, 0.3) is 0 Å². The molecular weight excluding hydrogens is 446 g/mol. The number of amides is 3. The highest BCUT2D eigenvalue weighted by molar-refractivity contribution is 5.98. The number of anilines is 1. The number of aryl methyl sites for hydroxylation is 1. The van der Waals surface area contributed by atoms with Crippen LogP contribution >= 0.6 is 0 Å². The summed E-state index contributed by atoms with van der Waals surface area (Å²) in [5.74, 6) is -0.274. The molecule has 2 atom stereocenters. The van der Waals surface area contributed by atoms with Gasteiger partial charge in [0.1, 0.15) is 35.3 Å². The summed E-state index contributed by atoms with van der Waals surface area (Å²) in [4.78, 5) is 47.4. The minimum absolute atomic E-state index is 0.0620. The summed E-state index contributed by atoms with van der Waals surface area (Å²) in [5.41, 5.74) is 0.264. The summed E-state index contributed by atoms with van der Waals surface area (Å²) in [6, 6.07) is 3.82. The third kappa shape index (κ3) is 6.50. The van der Waals surface area contributed by atoms with Crippen molar-refractivity contribution in [3.63, 3.8) is 0 Å². The molecule has 0 aromatic carbocycles. The van der Waals surface area contributed by atoms with E-state index in [1.54, 1.807) is 35.8 Å². The predicted molar refractivity (Wildman–Crippen MR) is 131 cm³/mol. The lowest BCUT2D eigenvalue weighted by Gasteiger charge is -2.40. The van der Waals surface area contributed by atoms with Crippen LogP contribution in [0.5, 0.6) is 0 Å². The van der Waals surface area contributed by atoms with Gasteiger partial charge in [0.25, 0.3) is 0 Å². The molecule has 9 heteroatoms. The number of rotatable bonds is 5. The molecule has 2 heterocycles. The number of ether oxygens (including phenoxy) is 1. The molecule has 0 radical (unpaired) electrons. The minimum atomic E-state index is -0.747. The van der Waals surface area contributed by atoms with Crippen LogP contribution in [-0.2, 0) is 14.3 Å². The van der Waals surface area contributed by atoms with Gasteiger partial charge in [-0.05, 0) is 71.9 Å². The lowest BCUT2D eigenvalue weighted by molar-refractivity contribution is -0.141. The summed E-state index contributed by atoms with van der Waals surface area (Å²) in [5, 5.41) is 11.9. The quantitative estimate of drug-likeness (QED) is 0.673. The van der Waals surface area contributed by atoms with Crippen LogP contribution < -0.4 is 5.32 Å². The largest absolute Gasteiger partial charge is 0.444 e. The fourth-order valence-corrected chi connectivity index (χ4v) is 4.88. The van der Waals surface area contributed by atoms with E-state index in [1.165, 1.54) is 0 Å². The third-order valence-corrected chi connectivity index (χ3v) is 6.64. The Labute approximate surface area is 207 Å². The average Bonchev–Trinajstić information content (AvgIpc) is 3.29. The second-order valence-electron chi connectivity index (χ2n) is 10.5. The van der Waals surface area contributed by atoms with Gasteiger partial charge in [-0.25, -0.2) is 9.78 Å². The Morgan fingerprint density at radius 2 is 1.86 bits per heavy atom. The molecule has 1 saturated carbocycles. The highest BCUT2D eigenvalue weighted by atomic mass is 16.6. The topological polar surface area (TPSA) is 116 Å². The van der Waals surface area contributed by atoms with Crippen molar-refractivity contribution in [2.75, 3.05) is 11.9 Å². The predicted octanol–water partition coefficient (Wildman–Crippen LogP) is 4.15. The summed E-state index contributed by atoms with van der Waals surface area (Å²) in [6.45, 7) is 9.42. The van der Waals surface area contributed by atoms with E-state index in [1.807, 2.05) is 26.8 Å². The van der Waals surface area contributed by atoms with Gasteiger partial charge in [0.05, 0.1) is 0 Å². The van der Waals surface area contributed by atoms with Gasteiger partial charge in [0.2, 0.25) is 11.8 Å². The minimum Gasteiger partial charge on any atom is -0.444 e. The smallest absolute Gasteiger partial charge is 0.411 e. The fourth-order valence-electron chi connectivity index (χ4n) is 4.88. The van der Waals surface area contributed by atoms with Crippen LogP contribution in [0.2, 0.25) is 0 Å². The van der Waals surface area contributed by atoms with Crippen molar-refractivity contribution >= 4 is 23.7 Å². The first-order valence-electron chi connectivity index (χ1n) is 12.5. The van der Waals surface area contributed by atoms with Crippen molar-refractivity contribution in [3.05, 3.63) is 23.4 Å². The number of hydrogen-bond acceptors (Lipinski definition) is 6. The number of hydrogen-bond donors (Lipinski definition) is 1. The third-order valence-electron chi connectivity index (χ3n) is 6.64. The maximum atomic E-state index is 13.7. The molecule has 2 fully saturated rings. The second-order valence-corrected chi connectivity index (χ2v) is 10.5. The average molecular weight is 484 g/mol. The van der Waals surface area contributed by atoms with Gasteiger partial charge in [0, 0.05) is 12.6 Å². The first kappa shape index (κ1) is 26.5. The first-order valence-corrected chi connectivity index (χ1v) is 12.5. The number of likely N-dealkylation sites (tertiary alicyclic amines) is 1. The molecule has 2 aliphatic rings. The zero-order chi connectivity index (χ0) is 25.8. The number of pyridine rings is 1. The van der Waals surface area contributed by atoms with Gasteiger partial charge in [-0.2, -0.15) is 5.26 Å². The molecule has 1 N–H and O–H groups in total. The number of nitrogens with one attached hydrogen (secondary N) is 1. The SMILES string of the molecule is Cc1ccc(C#N)nc1NC(=O)[C@@H]1CCCN1C(=O)[C@@H](C)N(C(=O)OC(C)(C)C)C1CCCCC1. The lowest BCUT2D eigenvalue weighted by atomic mass is 9.93. The molecule has 0 unspecified atom stereocenters. The van der Waals surface area contributed by atoms with Gasteiger partial charge in [-0.15, -0.1) is 0 Å². The summed E-state index contributed by atoms with van der Waals surface area (Å²) in [7, 11) is 0. The highest BCUT2D eigenvalue weighted by Gasteiger charge is 2.42. The molecule has 1 aromatic heterocycles. The molecule has 1 aromatic rings. The lowest BCUT2D eigenvalue weighted by Crippen LogP contribution is -2.56. The summed E-state index contributed by atoms with van der Waals surface area (Å²) in [6.07, 6.45) is 5.53. The zero-order valence-electron chi connectivity index (χ0n) is 21.5. The Hall–Kier alpha value is -3.15. The van der Waals surface area contributed by atoms with Crippen LogP contribution in [0, 0.1) is 18.3 Å². The standard InChI is InChI=1S/C26H37N5O4/c1-17-13-14-19(16-27)28-22(17)29-23(32)21-12-9-15-30(21)24(33)18(2)31(20-10-7-6-8-11-20)25(34)35-26(3,4)5/h13-14,18,20-21H,6-12,15H2,1-5H3,(H,28,29,32)/t18-,21+/m1/s1. The number of nitrogens with zero attached hydrogens (tertiary/aromatic N) is 4.